The van der Waals surface area contributed by atoms with Crippen LogP contribution in [0.5, 0.6) is 17.2 Å². The number of anilines is 1. The molecule has 0 aliphatic rings. The second kappa shape index (κ2) is 9.89. The van der Waals surface area contributed by atoms with E-state index in [2.05, 4.69) is 10.3 Å². The number of fused-ring (bicyclic) bond motifs is 1. The van der Waals surface area contributed by atoms with Gasteiger partial charge in [-0.2, -0.15) is 0 Å². The Labute approximate surface area is 201 Å². The number of ether oxygens (including phenoxy) is 3. The molecule has 2 aromatic carbocycles. The molecule has 2 heterocycles. The molecule has 2 aromatic heterocycles. The Morgan fingerprint density at radius 3 is 2.47 bits per heavy atom. The number of halogens is 1. The van der Waals surface area contributed by atoms with Crippen LogP contribution in [-0.4, -0.2) is 32.2 Å². The lowest BCUT2D eigenvalue weighted by atomic mass is 9.98. The van der Waals surface area contributed by atoms with E-state index in [1.165, 1.54) is 12.3 Å². The van der Waals surface area contributed by atoms with Gasteiger partial charge in [-0.3, -0.25) is 4.79 Å². The Morgan fingerprint density at radius 2 is 1.79 bits per heavy atom. The normalized spacial score (nSPS) is 11.4. The summed E-state index contributed by atoms with van der Waals surface area (Å²) in [6, 6.07) is 12.6. The summed E-state index contributed by atoms with van der Waals surface area (Å²) in [5.74, 6) is 2.04. The van der Waals surface area contributed by atoms with E-state index in [0.717, 1.165) is 22.1 Å². The van der Waals surface area contributed by atoms with Gasteiger partial charge < -0.3 is 23.9 Å². The van der Waals surface area contributed by atoms with Gasteiger partial charge in [0, 0.05) is 40.4 Å². The average molecular weight is 479 g/mol. The first-order valence-corrected chi connectivity index (χ1v) is 10.7. The van der Waals surface area contributed by atoms with Crippen molar-refractivity contribution in [2.45, 2.75) is 6.92 Å². The minimum Gasteiger partial charge on any atom is -0.497 e. The number of nitrogens with one attached hydrogen (secondary N) is 1. The molecule has 0 atom stereocenters. The molecule has 0 radical (unpaired) electrons. The van der Waals surface area contributed by atoms with Crippen molar-refractivity contribution < 1.29 is 23.4 Å². The van der Waals surface area contributed by atoms with Crippen LogP contribution in [0, 0.1) is 0 Å². The highest BCUT2D eigenvalue weighted by Crippen LogP contribution is 2.41. The Balaban J connectivity index is 1.75. The minimum absolute atomic E-state index is 0.323. The molecular weight excluding hydrogens is 456 g/mol. The van der Waals surface area contributed by atoms with E-state index in [0.29, 0.717) is 39.2 Å². The SMILES string of the molecule is COc1ccc(OC)c(-c2coc3cc(OC)c(/C(C)=C/C(=O)Nc4ccc(Cl)cn4)cc23)c1. The van der Waals surface area contributed by atoms with E-state index in [1.54, 1.807) is 45.8 Å². The fraction of sp³-hybridized carbons (Fsp3) is 0.154. The number of pyridine rings is 1. The Kier molecular flexibility index (Phi) is 6.75. The van der Waals surface area contributed by atoms with Crippen molar-refractivity contribution >= 4 is 39.9 Å². The first kappa shape index (κ1) is 23.2. The zero-order chi connectivity index (χ0) is 24.2. The number of carbonyl (C=O) groups is 1. The number of hydrogen-bond acceptors (Lipinski definition) is 6. The quantitative estimate of drug-likeness (QED) is 0.318. The van der Waals surface area contributed by atoms with E-state index in [4.69, 9.17) is 30.2 Å². The van der Waals surface area contributed by atoms with E-state index >= 15 is 0 Å². The first-order valence-electron chi connectivity index (χ1n) is 10.4. The zero-order valence-corrected chi connectivity index (χ0v) is 19.9. The molecule has 174 valence electrons. The smallest absolute Gasteiger partial charge is 0.249 e. The van der Waals surface area contributed by atoms with Gasteiger partial charge in [0.15, 0.2) is 0 Å². The van der Waals surface area contributed by atoms with Gasteiger partial charge in [0.25, 0.3) is 0 Å². The standard InChI is InChI=1S/C26H23ClN2O5/c1-15(9-26(30)29-25-8-5-16(27)13-28-25)18-11-20-21(14-34-24(20)12-23(18)33-4)19-10-17(31-2)6-7-22(19)32-3/h5-14H,1-4H3,(H,28,29,30)/b15-9+. The van der Waals surface area contributed by atoms with Gasteiger partial charge >= 0.3 is 0 Å². The van der Waals surface area contributed by atoms with Gasteiger partial charge in [-0.25, -0.2) is 4.98 Å². The maximum atomic E-state index is 12.6. The van der Waals surface area contributed by atoms with Gasteiger partial charge in [0.2, 0.25) is 5.91 Å². The van der Waals surface area contributed by atoms with Gasteiger partial charge in [-0.05, 0) is 48.9 Å². The molecule has 0 saturated heterocycles. The lowest BCUT2D eigenvalue weighted by Gasteiger charge is -2.12. The van der Waals surface area contributed by atoms with Crippen molar-refractivity contribution in [3.8, 4) is 28.4 Å². The van der Waals surface area contributed by atoms with E-state index in [-0.39, 0.29) is 5.91 Å². The third-order valence-corrected chi connectivity index (χ3v) is 5.57. The number of rotatable bonds is 7. The van der Waals surface area contributed by atoms with Crippen LogP contribution in [0.2, 0.25) is 5.02 Å². The van der Waals surface area contributed by atoms with Crippen molar-refractivity contribution in [2.24, 2.45) is 0 Å². The van der Waals surface area contributed by atoms with Crippen molar-refractivity contribution in [3.05, 3.63) is 71.6 Å². The molecule has 7 nitrogen and oxygen atoms in total. The van der Waals surface area contributed by atoms with Crippen molar-refractivity contribution in [1.29, 1.82) is 0 Å². The Bertz CT molecular complexity index is 1380. The molecule has 8 heteroatoms. The van der Waals surface area contributed by atoms with Crippen LogP contribution >= 0.6 is 11.6 Å². The van der Waals surface area contributed by atoms with Crippen LogP contribution in [0.4, 0.5) is 5.82 Å². The monoisotopic (exact) mass is 478 g/mol. The Morgan fingerprint density at radius 1 is 1.00 bits per heavy atom. The molecule has 0 unspecified atom stereocenters. The number of nitrogens with zero attached hydrogens (tertiary/aromatic N) is 1. The maximum absolute atomic E-state index is 12.6. The van der Waals surface area contributed by atoms with Crippen molar-refractivity contribution in [2.75, 3.05) is 26.6 Å². The molecule has 34 heavy (non-hydrogen) atoms. The number of amides is 1. The number of aromatic nitrogens is 1. The predicted molar refractivity (Wildman–Crippen MR) is 133 cm³/mol. The molecule has 0 fully saturated rings. The molecule has 0 spiro atoms. The molecule has 0 bridgehead atoms. The summed E-state index contributed by atoms with van der Waals surface area (Å²) in [6.07, 6.45) is 4.63. The van der Waals surface area contributed by atoms with Crippen LogP contribution in [0.15, 0.2) is 65.4 Å². The molecule has 1 N–H and O–H groups in total. The van der Waals surface area contributed by atoms with E-state index in [9.17, 15) is 4.79 Å². The third-order valence-electron chi connectivity index (χ3n) is 5.34. The second-order valence-corrected chi connectivity index (χ2v) is 7.88. The number of benzene rings is 2. The summed E-state index contributed by atoms with van der Waals surface area (Å²) < 4.78 is 22.4. The van der Waals surface area contributed by atoms with Gasteiger partial charge in [-0.1, -0.05) is 11.6 Å². The summed E-state index contributed by atoms with van der Waals surface area (Å²) in [5.41, 5.74) is 3.75. The summed E-state index contributed by atoms with van der Waals surface area (Å²) in [6.45, 7) is 1.84. The van der Waals surface area contributed by atoms with Crippen LogP contribution in [0.1, 0.15) is 12.5 Å². The van der Waals surface area contributed by atoms with Crippen LogP contribution in [0.25, 0.3) is 27.7 Å². The molecule has 4 aromatic rings. The van der Waals surface area contributed by atoms with Crippen LogP contribution in [-0.2, 0) is 4.79 Å². The molecule has 0 aliphatic heterocycles. The minimum atomic E-state index is -0.323. The molecule has 1 amide bonds. The lowest BCUT2D eigenvalue weighted by molar-refractivity contribution is -0.111. The van der Waals surface area contributed by atoms with Gasteiger partial charge in [-0.15, -0.1) is 0 Å². The second-order valence-electron chi connectivity index (χ2n) is 7.44. The number of allylic oxidation sites excluding steroid dienone is 1. The van der Waals surface area contributed by atoms with Crippen molar-refractivity contribution in [1.82, 2.24) is 4.98 Å². The number of hydrogen-bond donors (Lipinski definition) is 1. The molecule has 0 saturated carbocycles. The fourth-order valence-corrected chi connectivity index (χ4v) is 3.76. The van der Waals surface area contributed by atoms with Gasteiger partial charge in [0.1, 0.15) is 28.6 Å². The number of carbonyl (C=O) groups excluding carboxylic acids is 1. The maximum Gasteiger partial charge on any atom is 0.249 e. The molecular formula is C26H23ClN2O5. The summed E-state index contributed by atoms with van der Waals surface area (Å²) in [4.78, 5) is 16.7. The highest BCUT2D eigenvalue weighted by molar-refractivity contribution is 6.30. The summed E-state index contributed by atoms with van der Waals surface area (Å²) in [7, 11) is 4.80. The van der Waals surface area contributed by atoms with Gasteiger partial charge in [0.05, 0.1) is 32.6 Å². The lowest BCUT2D eigenvalue weighted by Crippen LogP contribution is -2.09. The predicted octanol–water partition coefficient (Wildman–Crippen LogP) is 6.22. The zero-order valence-electron chi connectivity index (χ0n) is 19.1. The molecule has 4 rings (SSSR count). The highest BCUT2D eigenvalue weighted by Gasteiger charge is 2.18. The first-order chi connectivity index (χ1) is 16.4. The summed E-state index contributed by atoms with van der Waals surface area (Å²) >= 11 is 5.85. The van der Waals surface area contributed by atoms with E-state index < -0.39 is 0 Å². The number of furan rings is 1. The average Bonchev–Trinajstić information content (AvgIpc) is 3.26. The largest absolute Gasteiger partial charge is 0.497 e. The fourth-order valence-electron chi connectivity index (χ4n) is 3.65. The third kappa shape index (κ3) is 4.70. The summed E-state index contributed by atoms with van der Waals surface area (Å²) in [5, 5.41) is 4.06. The van der Waals surface area contributed by atoms with Crippen LogP contribution in [0.3, 0.4) is 0 Å². The number of methoxy groups -OCH3 is 3. The van der Waals surface area contributed by atoms with E-state index in [1.807, 2.05) is 31.2 Å². The van der Waals surface area contributed by atoms with Crippen LogP contribution < -0.4 is 19.5 Å². The highest BCUT2D eigenvalue weighted by atomic mass is 35.5. The Hall–Kier alpha value is -3.97. The van der Waals surface area contributed by atoms with Crippen molar-refractivity contribution in [3.63, 3.8) is 0 Å². The topological polar surface area (TPSA) is 82.8 Å². The molecule has 0 aliphatic carbocycles.